The van der Waals surface area contributed by atoms with Crippen LogP contribution in [-0.4, -0.2) is 80.8 Å². The third-order valence-corrected chi connectivity index (χ3v) is 9.59. The van der Waals surface area contributed by atoms with Gasteiger partial charge in [0.1, 0.15) is 23.4 Å². The Bertz CT molecular complexity index is 2100. The molecule has 0 saturated carbocycles. The number of carbonyl (C=O) groups is 6. The van der Waals surface area contributed by atoms with Crippen LogP contribution in [0.4, 0.5) is 0 Å². The number of para-hydroxylation sites is 1. The highest BCUT2D eigenvalue weighted by molar-refractivity contribution is 5.98. The molecule has 4 aromatic carbocycles. The van der Waals surface area contributed by atoms with Crippen LogP contribution >= 0.6 is 0 Å². The van der Waals surface area contributed by atoms with E-state index in [1.807, 2.05) is 115 Å². The summed E-state index contributed by atoms with van der Waals surface area (Å²) in [4.78, 5) is 82.8. The zero-order valence-electron chi connectivity index (χ0n) is 31.5. The lowest BCUT2D eigenvalue weighted by Gasteiger charge is -2.37. The molecule has 0 spiro atoms. The molecule has 14 nitrogen and oxygen atoms in total. The van der Waals surface area contributed by atoms with E-state index in [1.54, 1.807) is 6.20 Å². The number of aliphatic carboxylic acids is 1. The molecule has 57 heavy (non-hydrogen) atoms. The Kier molecular flexibility index (Phi) is 13.7. The first-order valence-electron chi connectivity index (χ1n) is 18.4. The Morgan fingerprint density at radius 1 is 0.684 bits per heavy atom. The summed E-state index contributed by atoms with van der Waals surface area (Å²) in [7, 11) is 0. The van der Waals surface area contributed by atoms with Gasteiger partial charge in [0.2, 0.25) is 23.6 Å². The summed E-state index contributed by atoms with van der Waals surface area (Å²) < 4.78 is 0. The molecule has 0 aliphatic rings. The van der Waals surface area contributed by atoms with Gasteiger partial charge in [0.05, 0.1) is 18.6 Å². The summed E-state index contributed by atoms with van der Waals surface area (Å²) in [5.74, 6) is -5.62. The fourth-order valence-corrected chi connectivity index (χ4v) is 6.76. The molecule has 5 rings (SSSR count). The van der Waals surface area contributed by atoms with E-state index < -0.39 is 84.0 Å². The maximum absolute atomic E-state index is 14.4. The number of benzene rings is 4. The van der Waals surface area contributed by atoms with Crippen LogP contribution in [0.15, 0.2) is 121 Å². The van der Waals surface area contributed by atoms with Crippen molar-refractivity contribution in [3.05, 3.63) is 144 Å². The van der Waals surface area contributed by atoms with Gasteiger partial charge in [-0.1, -0.05) is 109 Å². The number of aromatic amines is 1. The molecule has 5 aromatic rings. The first-order valence-corrected chi connectivity index (χ1v) is 18.4. The fourth-order valence-electron chi connectivity index (χ4n) is 6.76. The third-order valence-electron chi connectivity index (χ3n) is 9.59. The summed E-state index contributed by atoms with van der Waals surface area (Å²) in [6, 6.07) is 28.9. The van der Waals surface area contributed by atoms with Gasteiger partial charge in [-0.3, -0.25) is 24.0 Å². The largest absolute Gasteiger partial charge is 0.480 e. The molecule has 296 valence electrons. The number of Topliss-reactive ketones (excluding diaryl/α,β-unsaturated/α-hetero) is 1. The Morgan fingerprint density at radius 2 is 1.16 bits per heavy atom. The van der Waals surface area contributed by atoms with Crippen LogP contribution in [0.2, 0.25) is 0 Å². The van der Waals surface area contributed by atoms with Crippen molar-refractivity contribution in [2.75, 3.05) is 0 Å². The number of H-pyrrole nitrogens is 1. The number of aliphatic hydroxyl groups is 1. The molecule has 1 heterocycles. The van der Waals surface area contributed by atoms with Gasteiger partial charge in [0, 0.05) is 23.5 Å². The highest BCUT2D eigenvalue weighted by atomic mass is 16.4. The molecule has 5 unspecified atom stereocenters. The lowest BCUT2D eigenvalue weighted by atomic mass is 9.77. The average molecular weight is 775 g/mol. The maximum atomic E-state index is 14.4. The molecule has 0 aliphatic carbocycles. The number of hydrogen-bond acceptors (Lipinski definition) is 8. The van der Waals surface area contributed by atoms with Crippen molar-refractivity contribution >= 4 is 46.3 Å². The summed E-state index contributed by atoms with van der Waals surface area (Å²) in [5.41, 5.74) is 8.79. The number of nitrogens with two attached hydrogens (primary N) is 1. The topological polar surface area (TPSA) is 233 Å². The van der Waals surface area contributed by atoms with Gasteiger partial charge in [0.15, 0.2) is 6.04 Å². The number of nitrogens with one attached hydrogen (secondary N) is 5. The van der Waals surface area contributed by atoms with E-state index in [9.17, 15) is 39.0 Å². The number of fused-ring (bicyclic) bond motifs is 1. The van der Waals surface area contributed by atoms with Crippen molar-refractivity contribution in [1.82, 2.24) is 26.3 Å². The summed E-state index contributed by atoms with van der Waals surface area (Å²) >= 11 is 0. The number of hydrogen-bond donors (Lipinski definition) is 8. The molecule has 0 saturated heterocycles. The average Bonchev–Trinajstić information content (AvgIpc) is 3.61. The van der Waals surface area contributed by atoms with E-state index in [2.05, 4.69) is 26.3 Å². The van der Waals surface area contributed by atoms with E-state index in [0.29, 0.717) is 16.7 Å². The molecule has 4 amide bonds. The highest BCUT2D eigenvalue weighted by Gasteiger charge is 2.40. The number of carbonyl (C=O) groups excluding carboxylic acids is 5. The second kappa shape index (κ2) is 18.8. The summed E-state index contributed by atoms with van der Waals surface area (Å²) in [6.45, 7) is 2.32. The second-order valence-electron chi connectivity index (χ2n) is 13.9. The predicted molar refractivity (Wildman–Crippen MR) is 212 cm³/mol. The second-order valence-corrected chi connectivity index (χ2v) is 13.9. The Balaban J connectivity index is 1.49. The van der Waals surface area contributed by atoms with Crippen LogP contribution in [0.5, 0.6) is 0 Å². The minimum atomic E-state index is -1.75. The minimum absolute atomic E-state index is 0.0702. The molecule has 9 N–H and O–H groups in total. The van der Waals surface area contributed by atoms with Crippen LogP contribution in [0.25, 0.3) is 10.9 Å². The molecule has 0 bridgehead atoms. The van der Waals surface area contributed by atoms with E-state index in [0.717, 1.165) is 23.4 Å². The third kappa shape index (κ3) is 10.2. The smallest absolute Gasteiger partial charge is 0.328 e. The van der Waals surface area contributed by atoms with Crippen molar-refractivity contribution in [3.63, 3.8) is 0 Å². The number of amides is 4. The fraction of sp³-hybridized carbons (Fsp3) is 0.256. The SMILES string of the molecule is CC(=O)CC(NC(=O)C(CC(=O)NC(c1ccccc1)(c1ccccc1)c1ccccc1)NC(=O)C(N)Cc1c[nH]c2ccccc12)C(=O)NC(C(=O)O)C(C)O. The van der Waals surface area contributed by atoms with E-state index in [-0.39, 0.29) is 6.42 Å². The van der Waals surface area contributed by atoms with Crippen LogP contribution in [0.3, 0.4) is 0 Å². The molecular weight excluding hydrogens is 729 g/mol. The van der Waals surface area contributed by atoms with Gasteiger partial charge in [-0.05, 0) is 48.6 Å². The number of aromatic nitrogens is 1. The standard InChI is InChI=1S/C43H46N6O8/c1-26(50)22-35(41(55)48-38(27(2)51)42(56)57)47-40(54)36(46-39(53)33(44)23-28-25-45-34-21-13-12-20-32(28)34)24-37(52)49-43(29-14-6-3-7-15-29,30-16-8-4-9-17-30)31-18-10-5-11-19-31/h3-21,25,27,33,35-36,38,45,51H,22-24,44H2,1-2H3,(H,46,53)(H,47,54)(H,48,55)(H,49,52)(H,56,57). The molecule has 0 fully saturated rings. The van der Waals surface area contributed by atoms with Gasteiger partial charge in [0.25, 0.3) is 0 Å². The quantitative estimate of drug-likeness (QED) is 0.0610. The van der Waals surface area contributed by atoms with Crippen LogP contribution in [0.1, 0.15) is 48.9 Å². The van der Waals surface area contributed by atoms with Crippen molar-refractivity contribution < 1.29 is 39.0 Å². The van der Waals surface area contributed by atoms with Gasteiger partial charge in [-0.25, -0.2) is 4.79 Å². The van der Waals surface area contributed by atoms with E-state index >= 15 is 0 Å². The normalized spacial score (nSPS) is 14.0. The van der Waals surface area contributed by atoms with Crippen LogP contribution in [-0.2, 0) is 40.7 Å². The first kappa shape index (κ1) is 41.5. The zero-order valence-corrected chi connectivity index (χ0v) is 31.5. The lowest BCUT2D eigenvalue weighted by molar-refractivity contribution is -0.145. The van der Waals surface area contributed by atoms with Crippen molar-refractivity contribution in [2.45, 2.75) is 68.9 Å². The molecule has 1 aromatic heterocycles. The highest BCUT2D eigenvalue weighted by Crippen LogP contribution is 2.37. The molecule has 5 atom stereocenters. The van der Waals surface area contributed by atoms with Gasteiger partial charge >= 0.3 is 5.97 Å². The summed E-state index contributed by atoms with van der Waals surface area (Å²) in [6.07, 6.45) is -0.926. The Labute approximate surface area is 329 Å². The van der Waals surface area contributed by atoms with Crippen LogP contribution in [0, 0.1) is 0 Å². The number of carboxylic acids is 1. The number of carboxylic acid groups (broad SMARTS) is 1. The van der Waals surface area contributed by atoms with Crippen molar-refractivity contribution in [2.24, 2.45) is 5.73 Å². The monoisotopic (exact) mass is 774 g/mol. The number of ketones is 1. The van der Waals surface area contributed by atoms with Gasteiger partial charge < -0.3 is 42.2 Å². The minimum Gasteiger partial charge on any atom is -0.480 e. The number of rotatable bonds is 18. The predicted octanol–water partition coefficient (Wildman–Crippen LogP) is 2.44. The Hall–Kier alpha value is -6.64. The van der Waals surface area contributed by atoms with Crippen molar-refractivity contribution in [3.8, 4) is 0 Å². The van der Waals surface area contributed by atoms with Gasteiger partial charge in [-0.2, -0.15) is 0 Å². The molecule has 0 radical (unpaired) electrons. The summed E-state index contributed by atoms with van der Waals surface area (Å²) in [5, 5.41) is 30.6. The van der Waals surface area contributed by atoms with Crippen LogP contribution < -0.4 is 27.0 Å². The molecule has 0 aliphatic heterocycles. The Morgan fingerprint density at radius 3 is 1.67 bits per heavy atom. The first-order chi connectivity index (χ1) is 27.3. The zero-order chi connectivity index (χ0) is 41.1. The van der Waals surface area contributed by atoms with Gasteiger partial charge in [-0.15, -0.1) is 0 Å². The number of aliphatic hydroxyl groups excluding tert-OH is 1. The van der Waals surface area contributed by atoms with E-state index in [4.69, 9.17) is 5.73 Å². The van der Waals surface area contributed by atoms with Crippen molar-refractivity contribution in [1.29, 1.82) is 0 Å². The molecular formula is C43H46N6O8. The molecule has 14 heteroatoms. The maximum Gasteiger partial charge on any atom is 0.328 e. The lowest BCUT2D eigenvalue weighted by Crippen LogP contribution is -2.59. The van der Waals surface area contributed by atoms with E-state index in [1.165, 1.54) is 6.92 Å².